The molecule has 0 saturated heterocycles. The van der Waals surface area contributed by atoms with E-state index >= 15 is 0 Å². The van der Waals surface area contributed by atoms with Crippen LogP contribution in [0.3, 0.4) is 0 Å². The number of allylic oxidation sites excluding steroid dienone is 1. The van der Waals surface area contributed by atoms with Crippen LogP contribution in [0.5, 0.6) is 0 Å². The van der Waals surface area contributed by atoms with E-state index in [2.05, 4.69) is 71.9 Å². The molecule has 25 heavy (non-hydrogen) atoms. The van der Waals surface area contributed by atoms with Gasteiger partial charge in [-0.2, -0.15) is 0 Å². The van der Waals surface area contributed by atoms with Crippen molar-refractivity contribution < 1.29 is 0 Å². The SMILES string of the molecule is Cc1ccc2c(c1)c1c(n2C=C2Cc3nc(C)ccc32)CCN(C)C1. The molecule has 0 saturated carbocycles. The van der Waals surface area contributed by atoms with E-state index in [9.17, 15) is 0 Å². The molecule has 0 fully saturated rings. The topological polar surface area (TPSA) is 21.1 Å². The lowest BCUT2D eigenvalue weighted by molar-refractivity contribution is 0.312. The van der Waals surface area contributed by atoms with Crippen LogP contribution in [0.25, 0.3) is 22.7 Å². The number of nitrogens with zero attached hydrogens (tertiary/aromatic N) is 3. The van der Waals surface area contributed by atoms with Gasteiger partial charge in [-0.25, -0.2) is 0 Å². The highest BCUT2D eigenvalue weighted by molar-refractivity contribution is 5.92. The third kappa shape index (κ3) is 2.26. The van der Waals surface area contributed by atoms with Crippen LogP contribution < -0.4 is 0 Å². The van der Waals surface area contributed by atoms with Crippen LogP contribution in [0.1, 0.15) is 33.8 Å². The van der Waals surface area contributed by atoms with Gasteiger partial charge in [-0.1, -0.05) is 17.7 Å². The van der Waals surface area contributed by atoms with Gasteiger partial charge in [-0.3, -0.25) is 4.98 Å². The summed E-state index contributed by atoms with van der Waals surface area (Å²) < 4.78 is 2.45. The van der Waals surface area contributed by atoms with Crippen molar-refractivity contribution in [3.05, 3.63) is 64.1 Å². The minimum atomic E-state index is 0.983. The Labute approximate surface area is 148 Å². The minimum Gasteiger partial charge on any atom is -0.320 e. The first-order valence-corrected chi connectivity index (χ1v) is 9.08. The lowest BCUT2D eigenvalue weighted by Gasteiger charge is -2.25. The summed E-state index contributed by atoms with van der Waals surface area (Å²) in [6.07, 6.45) is 4.46. The number of benzene rings is 1. The second-order valence-corrected chi connectivity index (χ2v) is 7.58. The molecule has 0 N–H and O–H groups in total. The predicted molar refractivity (Wildman–Crippen MR) is 104 cm³/mol. The summed E-state index contributed by atoms with van der Waals surface area (Å²) in [4.78, 5) is 7.08. The molecule has 3 nitrogen and oxygen atoms in total. The minimum absolute atomic E-state index is 0.983. The van der Waals surface area contributed by atoms with E-state index in [1.54, 1.807) is 0 Å². The van der Waals surface area contributed by atoms with Gasteiger partial charge >= 0.3 is 0 Å². The van der Waals surface area contributed by atoms with Crippen LogP contribution in [0, 0.1) is 13.8 Å². The van der Waals surface area contributed by atoms with Gasteiger partial charge in [-0.05, 0) is 50.2 Å². The van der Waals surface area contributed by atoms with Crippen LogP contribution in [0.15, 0.2) is 30.3 Å². The number of aryl methyl sites for hydroxylation is 2. The fourth-order valence-electron chi connectivity index (χ4n) is 4.27. The first-order chi connectivity index (χ1) is 12.1. The lowest BCUT2D eigenvalue weighted by atomic mass is 9.88. The summed E-state index contributed by atoms with van der Waals surface area (Å²) in [5.74, 6) is 0. The normalized spacial score (nSPS) is 18.3. The Morgan fingerprint density at radius 3 is 2.84 bits per heavy atom. The highest BCUT2D eigenvalue weighted by Gasteiger charge is 2.25. The maximum absolute atomic E-state index is 4.65. The molecule has 0 radical (unpaired) electrons. The van der Waals surface area contributed by atoms with Gasteiger partial charge in [0.2, 0.25) is 0 Å². The van der Waals surface area contributed by atoms with Gasteiger partial charge in [0.1, 0.15) is 0 Å². The number of aromatic nitrogens is 2. The van der Waals surface area contributed by atoms with E-state index in [1.165, 1.54) is 44.6 Å². The Kier molecular flexibility index (Phi) is 3.16. The molecule has 2 aromatic heterocycles. The molecule has 0 amide bonds. The second kappa shape index (κ2) is 5.30. The van der Waals surface area contributed by atoms with Crippen molar-refractivity contribution >= 4 is 22.7 Å². The summed E-state index contributed by atoms with van der Waals surface area (Å²) in [6, 6.07) is 11.2. The number of hydrogen-bond acceptors (Lipinski definition) is 2. The van der Waals surface area contributed by atoms with Crippen LogP contribution in [0.2, 0.25) is 0 Å². The van der Waals surface area contributed by atoms with Gasteiger partial charge in [0.15, 0.2) is 0 Å². The Bertz CT molecular complexity index is 1040. The fourth-order valence-corrected chi connectivity index (χ4v) is 4.27. The van der Waals surface area contributed by atoms with E-state index in [4.69, 9.17) is 0 Å². The number of hydrogen-bond donors (Lipinski definition) is 0. The smallest absolute Gasteiger partial charge is 0.0529 e. The van der Waals surface area contributed by atoms with Crippen molar-refractivity contribution in [3.63, 3.8) is 0 Å². The van der Waals surface area contributed by atoms with Crippen LogP contribution in [-0.2, 0) is 19.4 Å². The maximum atomic E-state index is 4.65. The van der Waals surface area contributed by atoms with E-state index in [-0.39, 0.29) is 0 Å². The third-order valence-electron chi connectivity index (χ3n) is 5.64. The molecule has 3 heterocycles. The summed E-state index contributed by atoms with van der Waals surface area (Å²) >= 11 is 0. The Hall–Kier alpha value is -2.39. The van der Waals surface area contributed by atoms with Gasteiger partial charge in [-0.15, -0.1) is 0 Å². The molecule has 1 aromatic carbocycles. The molecule has 0 spiro atoms. The zero-order valence-electron chi connectivity index (χ0n) is 15.1. The van der Waals surface area contributed by atoms with E-state index in [0.29, 0.717) is 0 Å². The van der Waals surface area contributed by atoms with Crippen LogP contribution >= 0.6 is 0 Å². The predicted octanol–water partition coefficient (Wildman–Crippen LogP) is 4.20. The van der Waals surface area contributed by atoms with Gasteiger partial charge in [0.25, 0.3) is 0 Å². The van der Waals surface area contributed by atoms with Crippen molar-refractivity contribution in [2.24, 2.45) is 0 Å². The zero-order valence-corrected chi connectivity index (χ0v) is 15.1. The summed E-state index contributed by atoms with van der Waals surface area (Å²) in [5, 5.41) is 1.42. The molecule has 0 bridgehead atoms. The number of rotatable bonds is 1. The highest BCUT2D eigenvalue weighted by atomic mass is 15.1. The standard InChI is InChI=1S/C22H23N3/c1-14-4-7-21-18(10-14)19-13-24(3)9-8-22(19)25(21)12-16-11-20-17(16)6-5-15(2)23-20/h4-7,10,12H,8-9,11,13H2,1-3H3. The average Bonchev–Trinajstić information content (AvgIpc) is 2.86. The van der Waals surface area contributed by atoms with E-state index < -0.39 is 0 Å². The van der Waals surface area contributed by atoms with Crippen molar-refractivity contribution in [1.29, 1.82) is 0 Å². The van der Waals surface area contributed by atoms with Gasteiger partial charge in [0.05, 0.1) is 11.2 Å². The number of fused-ring (bicyclic) bond motifs is 4. The lowest BCUT2D eigenvalue weighted by Crippen LogP contribution is -2.27. The summed E-state index contributed by atoms with van der Waals surface area (Å²) in [5.41, 5.74) is 10.7. The third-order valence-corrected chi connectivity index (χ3v) is 5.64. The van der Waals surface area contributed by atoms with E-state index in [1.807, 2.05) is 0 Å². The molecular formula is C22H23N3. The maximum Gasteiger partial charge on any atom is 0.0529 e. The molecule has 0 unspecified atom stereocenters. The van der Waals surface area contributed by atoms with E-state index in [0.717, 1.165) is 31.6 Å². The Balaban J connectivity index is 1.69. The van der Waals surface area contributed by atoms with Crippen LogP contribution in [-0.4, -0.2) is 28.0 Å². The summed E-state index contributed by atoms with van der Waals surface area (Å²) in [6.45, 7) is 6.42. The van der Waals surface area contributed by atoms with Gasteiger partial charge < -0.3 is 9.47 Å². The molecule has 1 aliphatic carbocycles. The van der Waals surface area contributed by atoms with Gasteiger partial charge in [0, 0.05) is 54.5 Å². The highest BCUT2D eigenvalue weighted by Crippen LogP contribution is 2.37. The number of likely N-dealkylation sites (N-methyl/N-ethyl adjacent to an activating group) is 1. The fraction of sp³-hybridized carbons (Fsp3) is 0.318. The molecule has 5 rings (SSSR count). The first kappa shape index (κ1) is 14.9. The molecule has 0 atom stereocenters. The second-order valence-electron chi connectivity index (χ2n) is 7.58. The quantitative estimate of drug-likeness (QED) is 0.667. The van der Waals surface area contributed by atoms with Crippen molar-refractivity contribution in [2.75, 3.05) is 13.6 Å². The largest absolute Gasteiger partial charge is 0.320 e. The zero-order chi connectivity index (χ0) is 17.1. The van der Waals surface area contributed by atoms with Crippen molar-refractivity contribution in [1.82, 2.24) is 14.5 Å². The van der Waals surface area contributed by atoms with Crippen molar-refractivity contribution in [2.45, 2.75) is 33.2 Å². The number of pyridine rings is 1. The summed E-state index contributed by atoms with van der Waals surface area (Å²) in [7, 11) is 2.22. The van der Waals surface area contributed by atoms with Crippen LogP contribution in [0.4, 0.5) is 0 Å². The molecule has 3 aromatic rings. The Morgan fingerprint density at radius 1 is 1.12 bits per heavy atom. The molecule has 2 aliphatic rings. The average molecular weight is 329 g/mol. The molecular weight excluding hydrogens is 306 g/mol. The Morgan fingerprint density at radius 2 is 2.00 bits per heavy atom. The van der Waals surface area contributed by atoms with Crippen molar-refractivity contribution in [3.8, 4) is 0 Å². The molecule has 3 heteroatoms. The monoisotopic (exact) mass is 329 g/mol. The molecule has 126 valence electrons. The first-order valence-electron chi connectivity index (χ1n) is 9.08. The molecule has 1 aliphatic heterocycles.